The summed E-state index contributed by atoms with van der Waals surface area (Å²) < 4.78 is 18.1. The van der Waals surface area contributed by atoms with Crippen LogP contribution in [0.4, 0.5) is 5.69 Å². The smallest absolute Gasteiger partial charge is 0.337 e. The monoisotopic (exact) mass is 979 g/mol. The number of aromatic carboxylic acids is 3. The van der Waals surface area contributed by atoms with Crippen LogP contribution in [-0.4, -0.2) is 64.2 Å². The van der Waals surface area contributed by atoms with E-state index in [4.69, 9.17) is 36.8 Å². The molecule has 3 heterocycles. The van der Waals surface area contributed by atoms with Crippen molar-refractivity contribution in [1.82, 2.24) is 10.6 Å². The fourth-order valence-electron chi connectivity index (χ4n) is 8.33. The van der Waals surface area contributed by atoms with Crippen molar-refractivity contribution in [2.75, 3.05) is 19.0 Å². The predicted octanol–water partition coefficient (Wildman–Crippen LogP) is 7.95. The number of phenols is 1. The number of nitrogens with one attached hydrogen (secondary N) is 2. The first kappa shape index (κ1) is 46.3. The molecule has 18 heteroatoms. The zero-order valence-corrected chi connectivity index (χ0v) is 38.1. The first-order chi connectivity index (χ1) is 33.4. The van der Waals surface area contributed by atoms with Crippen LogP contribution in [0.1, 0.15) is 74.4 Å². The van der Waals surface area contributed by atoms with Gasteiger partial charge < -0.3 is 49.5 Å². The number of carboxylic acids is 3. The van der Waals surface area contributed by atoms with Gasteiger partial charge in [0.2, 0.25) is 0 Å². The third-order valence-corrected chi connectivity index (χ3v) is 12.3. The van der Waals surface area contributed by atoms with Crippen LogP contribution in [0.3, 0.4) is 0 Å². The number of halogens is 2. The summed E-state index contributed by atoms with van der Waals surface area (Å²) in [6.07, 6.45) is 0. The summed E-state index contributed by atoms with van der Waals surface area (Å²) in [6, 6.07) is 24.9. The number of benzene rings is 6. The molecule has 2 amide bonds. The number of fused-ring (bicyclic) bond motifs is 4. The average Bonchev–Trinajstić information content (AvgIpc) is 3.80. The molecule has 1 aliphatic carbocycles. The van der Waals surface area contributed by atoms with Gasteiger partial charge in [-0.2, -0.15) is 0 Å². The third-order valence-electron chi connectivity index (χ3n) is 11.7. The molecule has 1 aromatic heterocycles. The van der Waals surface area contributed by atoms with E-state index in [1.54, 1.807) is 30.3 Å². The zero-order valence-electron chi connectivity index (χ0n) is 36.6. The maximum absolute atomic E-state index is 13.7. The van der Waals surface area contributed by atoms with Crippen molar-refractivity contribution in [3.63, 3.8) is 0 Å². The highest BCUT2D eigenvalue weighted by Gasteiger charge is 2.31. The van der Waals surface area contributed by atoms with Gasteiger partial charge in [-0.15, -0.1) is 0 Å². The summed E-state index contributed by atoms with van der Waals surface area (Å²) in [5.74, 6) is -5.34. The highest BCUT2D eigenvalue weighted by molar-refractivity contribution is 6.40. The Morgan fingerprint density at radius 2 is 1.43 bits per heavy atom. The number of aromatic hydroxyl groups is 1. The number of anilines is 1. The van der Waals surface area contributed by atoms with E-state index >= 15 is 0 Å². The van der Waals surface area contributed by atoms with Gasteiger partial charge in [-0.25, -0.2) is 14.4 Å². The molecular weight excluding hydrogens is 945 g/mol. The van der Waals surface area contributed by atoms with Crippen molar-refractivity contribution in [2.45, 2.75) is 13.1 Å². The lowest BCUT2D eigenvalue weighted by Crippen LogP contribution is -2.25. The molecule has 5 aromatic carbocycles. The van der Waals surface area contributed by atoms with Crippen molar-refractivity contribution in [2.24, 2.45) is 0 Å². The fraction of sp³-hybridized carbons (Fsp3) is 0.0769. The van der Waals surface area contributed by atoms with E-state index in [9.17, 15) is 49.2 Å². The number of phenolic OH excluding ortho intramolecular Hbond substituents is 1. The Morgan fingerprint density at radius 3 is 2.16 bits per heavy atom. The SMILES string of the molecule is C=c1ccc2c(c1)Oc1cc(N(C)C)ccc1C=2c1c(Cl)cc(C(=O)NCc2ccc(C(=O)NCc3c(O)ccc4c(-c5ccc(C(=O)O)cc5C(=O)O)c5ccc(=O)cc-5oc34)o2)c(Cl)c1C(=O)O. The summed E-state index contributed by atoms with van der Waals surface area (Å²) in [5, 5.41) is 47.6. The first-order valence-electron chi connectivity index (χ1n) is 21.0. The molecule has 0 saturated carbocycles. The summed E-state index contributed by atoms with van der Waals surface area (Å²) in [5.41, 5.74) is 0.801. The summed E-state index contributed by atoms with van der Waals surface area (Å²) in [6.45, 7) is 3.34. The van der Waals surface area contributed by atoms with Crippen molar-refractivity contribution in [3.8, 4) is 39.7 Å². The summed E-state index contributed by atoms with van der Waals surface area (Å²) in [4.78, 5) is 78.8. The second kappa shape index (κ2) is 18.0. The molecule has 0 unspecified atom stereocenters. The molecule has 70 heavy (non-hydrogen) atoms. The molecule has 3 aliphatic rings. The number of amides is 2. The summed E-state index contributed by atoms with van der Waals surface area (Å²) in [7, 11) is 3.73. The molecule has 0 radical (unpaired) electrons. The van der Waals surface area contributed by atoms with Crippen LogP contribution in [0.25, 0.3) is 45.6 Å². The standard InChI is InChI=1S/C52H35Cl2N3O13/c1-23-4-9-30-39(16-23)69-40-18-25(57(2)3)6-11-31(40)43(30)44-36(53)20-34(46(54)45(44)52(66)67)48(60)55-21-27-8-15-38(68-27)49(61)56-22-35-37(59)14-13-32-42(29-12-7-26(58)19-41(29)70-47(32)35)28-10-5-24(50(62)63)17-33(28)51(64)65/h4-20,59H,1,21-22H2,2-3H3,(H,55,60)(H,56,61)(H,62,63)(H,64,65)(H,66,67). The number of nitrogens with zero attached hydrogens (tertiary/aromatic N) is 1. The molecule has 0 fully saturated rings. The number of carbonyl (C=O) groups excluding carboxylic acids is 2. The molecule has 9 rings (SSSR count). The van der Waals surface area contributed by atoms with Gasteiger partial charge in [0.1, 0.15) is 34.4 Å². The van der Waals surface area contributed by atoms with Gasteiger partial charge in [0, 0.05) is 70.3 Å². The number of furan rings is 1. The molecular formula is C52H35Cl2N3O13. The molecule has 0 bridgehead atoms. The molecule has 6 aromatic rings. The van der Waals surface area contributed by atoms with Crippen LogP contribution in [-0.2, 0) is 13.1 Å². The number of rotatable bonds is 12. The lowest BCUT2D eigenvalue weighted by atomic mass is 9.88. The number of hydrogen-bond acceptors (Lipinski definition) is 11. The van der Waals surface area contributed by atoms with Crippen molar-refractivity contribution < 1.29 is 58.0 Å². The molecule has 0 saturated heterocycles. The van der Waals surface area contributed by atoms with Gasteiger partial charge >= 0.3 is 17.9 Å². The molecule has 6 N–H and O–H groups in total. The van der Waals surface area contributed by atoms with Crippen LogP contribution in [0.15, 0.2) is 117 Å². The number of carboxylic acid groups (broad SMARTS) is 3. The summed E-state index contributed by atoms with van der Waals surface area (Å²) >= 11 is 13.7. The Labute approximate surface area is 404 Å². The third kappa shape index (κ3) is 8.31. The fourth-order valence-corrected chi connectivity index (χ4v) is 8.95. The minimum Gasteiger partial charge on any atom is -0.507 e. The topological polar surface area (TPSA) is 246 Å². The zero-order chi connectivity index (χ0) is 49.9. The molecule has 0 spiro atoms. The Hall–Kier alpha value is -8.86. The Balaban J connectivity index is 0.979. The van der Waals surface area contributed by atoms with Gasteiger partial charge in [-0.1, -0.05) is 48.0 Å². The largest absolute Gasteiger partial charge is 0.507 e. The highest BCUT2D eigenvalue weighted by atomic mass is 35.5. The van der Waals surface area contributed by atoms with Crippen LogP contribution in [0, 0.1) is 0 Å². The Morgan fingerprint density at radius 1 is 0.686 bits per heavy atom. The Kier molecular flexibility index (Phi) is 11.9. The van der Waals surface area contributed by atoms with E-state index < -0.39 is 40.7 Å². The number of hydrogen-bond donors (Lipinski definition) is 6. The van der Waals surface area contributed by atoms with E-state index in [0.29, 0.717) is 38.6 Å². The van der Waals surface area contributed by atoms with Crippen LogP contribution in [0.5, 0.6) is 17.2 Å². The lowest BCUT2D eigenvalue weighted by molar-refractivity contribution is 0.0682. The van der Waals surface area contributed by atoms with Gasteiger partial charge in [-0.05, 0) is 83.6 Å². The van der Waals surface area contributed by atoms with Gasteiger partial charge in [-0.3, -0.25) is 14.4 Å². The number of ether oxygens (including phenoxy) is 1. The first-order valence-corrected chi connectivity index (χ1v) is 21.7. The van der Waals surface area contributed by atoms with E-state index in [2.05, 4.69) is 17.2 Å². The van der Waals surface area contributed by atoms with E-state index in [1.165, 1.54) is 60.7 Å². The van der Waals surface area contributed by atoms with Crippen molar-refractivity contribution in [1.29, 1.82) is 0 Å². The van der Waals surface area contributed by atoms with Crippen LogP contribution >= 0.6 is 23.2 Å². The van der Waals surface area contributed by atoms with Gasteiger partial charge in [0.05, 0.1) is 51.0 Å². The van der Waals surface area contributed by atoms with Gasteiger partial charge in [0.15, 0.2) is 11.2 Å². The normalized spacial score (nSPS) is 11.7. The second-order valence-corrected chi connectivity index (χ2v) is 17.0. The van der Waals surface area contributed by atoms with Crippen molar-refractivity contribution >= 4 is 81.7 Å². The molecule has 0 atom stereocenters. The minimum absolute atomic E-state index is 0.0139. The second-order valence-electron chi connectivity index (χ2n) is 16.2. The minimum atomic E-state index is -1.45. The van der Waals surface area contributed by atoms with Crippen LogP contribution < -0.4 is 36.1 Å². The molecule has 350 valence electrons. The van der Waals surface area contributed by atoms with Crippen molar-refractivity contribution in [3.05, 3.63) is 184 Å². The van der Waals surface area contributed by atoms with E-state index in [1.807, 2.05) is 25.1 Å². The van der Waals surface area contributed by atoms with E-state index in [0.717, 1.165) is 11.8 Å². The Bertz CT molecular complexity index is 3750. The quantitative estimate of drug-likeness (QED) is 0.0637. The van der Waals surface area contributed by atoms with E-state index in [-0.39, 0.29) is 96.1 Å². The van der Waals surface area contributed by atoms with Crippen LogP contribution in [0.2, 0.25) is 10.0 Å². The van der Waals surface area contributed by atoms with Gasteiger partial charge in [0.25, 0.3) is 11.8 Å². The average molecular weight is 981 g/mol. The maximum atomic E-state index is 13.7. The maximum Gasteiger partial charge on any atom is 0.337 e. The predicted molar refractivity (Wildman–Crippen MR) is 258 cm³/mol. The lowest BCUT2D eigenvalue weighted by Gasteiger charge is -2.25. The number of carbonyl (C=O) groups is 5. The highest BCUT2D eigenvalue weighted by Crippen LogP contribution is 2.45. The molecule has 16 nitrogen and oxygen atoms in total. The molecule has 2 aliphatic heterocycles.